The molecule has 0 radical (unpaired) electrons. The number of rotatable bonds is 3. The first-order chi connectivity index (χ1) is 6.25. The highest BCUT2D eigenvalue weighted by Crippen LogP contribution is 2.03. The van der Waals surface area contributed by atoms with Crippen LogP contribution >= 0.6 is 0 Å². The van der Waals surface area contributed by atoms with E-state index in [2.05, 4.69) is 24.3 Å². The molecule has 0 fully saturated rings. The van der Waals surface area contributed by atoms with Crippen LogP contribution in [0.5, 0.6) is 0 Å². The number of nitrogens with one attached hydrogen (secondary N) is 1. The molecule has 0 aliphatic rings. The van der Waals surface area contributed by atoms with E-state index in [1.54, 1.807) is 0 Å². The lowest BCUT2D eigenvalue weighted by molar-refractivity contribution is 0.640. The third kappa shape index (κ3) is 3.59. The van der Waals surface area contributed by atoms with E-state index in [1.165, 1.54) is 11.3 Å². The van der Waals surface area contributed by atoms with Gasteiger partial charge in [-0.2, -0.15) is 5.10 Å². The Morgan fingerprint density at radius 3 is 2.46 bits per heavy atom. The van der Waals surface area contributed by atoms with Crippen molar-refractivity contribution in [1.29, 1.82) is 0 Å². The molecule has 13 heavy (non-hydrogen) atoms. The van der Waals surface area contributed by atoms with Crippen LogP contribution in [-0.4, -0.2) is 16.3 Å². The normalized spacial score (nSPS) is 9.31. The molecule has 1 N–H and O–H groups in total. The molecule has 0 atom stereocenters. The summed E-state index contributed by atoms with van der Waals surface area (Å²) in [5, 5.41) is 7.42. The predicted molar refractivity (Wildman–Crippen MR) is 56.7 cm³/mol. The lowest BCUT2D eigenvalue weighted by Crippen LogP contribution is -2.15. The Bertz CT molecular complexity index is 209. The zero-order valence-corrected chi connectivity index (χ0v) is 9.39. The monoisotopic (exact) mass is 183 g/mol. The van der Waals surface area contributed by atoms with E-state index in [1.807, 2.05) is 31.8 Å². The largest absolute Gasteiger partial charge is 0.311 e. The minimum atomic E-state index is 0.916. The van der Waals surface area contributed by atoms with Gasteiger partial charge in [-0.1, -0.05) is 20.8 Å². The van der Waals surface area contributed by atoms with Crippen molar-refractivity contribution in [1.82, 2.24) is 15.1 Å². The lowest BCUT2D eigenvalue weighted by Gasteiger charge is -2.03. The van der Waals surface area contributed by atoms with E-state index in [4.69, 9.17) is 0 Å². The van der Waals surface area contributed by atoms with Crippen molar-refractivity contribution in [3.63, 3.8) is 0 Å². The van der Waals surface area contributed by atoms with Gasteiger partial charge >= 0.3 is 0 Å². The molecule has 1 rings (SSSR count). The maximum absolute atomic E-state index is 4.15. The molecule has 0 amide bonds. The van der Waals surface area contributed by atoms with Gasteiger partial charge in [-0.15, -0.1) is 0 Å². The molecule has 0 bridgehead atoms. The van der Waals surface area contributed by atoms with Crippen LogP contribution in [0.25, 0.3) is 0 Å². The number of aromatic nitrogens is 2. The van der Waals surface area contributed by atoms with Gasteiger partial charge in [-0.3, -0.25) is 4.68 Å². The summed E-state index contributed by atoms with van der Waals surface area (Å²) in [7, 11) is 1.97. The van der Waals surface area contributed by atoms with Crippen molar-refractivity contribution in [2.75, 3.05) is 6.54 Å². The van der Waals surface area contributed by atoms with Gasteiger partial charge in [0.05, 0.1) is 11.9 Å². The standard InChI is InChI=1S/C8H15N3.C2H6/c1-4-9-6-8-7(2)5-10-11(8)3;1-2/h5,9H,4,6H2,1-3H3;1-2H3. The van der Waals surface area contributed by atoms with E-state index < -0.39 is 0 Å². The molecule has 1 aromatic rings. The van der Waals surface area contributed by atoms with E-state index >= 15 is 0 Å². The fourth-order valence-electron chi connectivity index (χ4n) is 1.07. The maximum Gasteiger partial charge on any atom is 0.0547 e. The Morgan fingerprint density at radius 1 is 1.46 bits per heavy atom. The van der Waals surface area contributed by atoms with Crippen molar-refractivity contribution in [3.05, 3.63) is 17.5 Å². The third-order valence-corrected chi connectivity index (χ3v) is 1.81. The average molecular weight is 183 g/mol. The molecular weight excluding hydrogens is 162 g/mol. The van der Waals surface area contributed by atoms with Crippen molar-refractivity contribution in [2.24, 2.45) is 7.05 Å². The number of hydrogen-bond acceptors (Lipinski definition) is 2. The Hall–Kier alpha value is -0.830. The quantitative estimate of drug-likeness (QED) is 0.775. The molecule has 3 heteroatoms. The zero-order chi connectivity index (χ0) is 10.3. The molecule has 1 heterocycles. The van der Waals surface area contributed by atoms with Gasteiger partial charge < -0.3 is 5.32 Å². The fraction of sp³-hybridized carbons (Fsp3) is 0.700. The number of aryl methyl sites for hydroxylation is 2. The Labute approximate surface area is 81.1 Å². The van der Waals surface area contributed by atoms with Crippen LogP contribution in [0.15, 0.2) is 6.20 Å². The van der Waals surface area contributed by atoms with Gasteiger partial charge in [0.15, 0.2) is 0 Å². The van der Waals surface area contributed by atoms with E-state index in [0.29, 0.717) is 0 Å². The molecule has 0 aromatic carbocycles. The van der Waals surface area contributed by atoms with Crippen LogP contribution in [-0.2, 0) is 13.6 Å². The molecule has 0 saturated heterocycles. The van der Waals surface area contributed by atoms with Crippen molar-refractivity contribution >= 4 is 0 Å². The van der Waals surface area contributed by atoms with Crippen molar-refractivity contribution < 1.29 is 0 Å². The van der Waals surface area contributed by atoms with Crippen LogP contribution < -0.4 is 5.32 Å². The maximum atomic E-state index is 4.15. The minimum absolute atomic E-state index is 0.916. The van der Waals surface area contributed by atoms with Crippen LogP contribution in [0.3, 0.4) is 0 Å². The molecule has 0 unspecified atom stereocenters. The topological polar surface area (TPSA) is 29.9 Å². The highest BCUT2D eigenvalue weighted by atomic mass is 15.3. The second-order valence-corrected chi connectivity index (χ2v) is 2.68. The second-order valence-electron chi connectivity index (χ2n) is 2.68. The highest BCUT2D eigenvalue weighted by molar-refractivity contribution is 5.14. The molecule has 3 nitrogen and oxygen atoms in total. The van der Waals surface area contributed by atoms with Gasteiger partial charge in [-0.25, -0.2) is 0 Å². The second kappa shape index (κ2) is 6.66. The molecule has 0 aliphatic heterocycles. The van der Waals surface area contributed by atoms with Crippen LogP contribution in [0.1, 0.15) is 32.0 Å². The first-order valence-corrected chi connectivity index (χ1v) is 4.94. The fourth-order valence-corrected chi connectivity index (χ4v) is 1.07. The minimum Gasteiger partial charge on any atom is -0.311 e. The predicted octanol–water partition coefficient (Wildman–Crippen LogP) is 1.86. The Morgan fingerprint density at radius 2 is 2.08 bits per heavy atom. The summed E-state index contributed by atoms with van der Waals surface area (Å²) >= 11 is 0. The SMILES string of the molecule is CC.CCNCc1c(C)cnn1C. The first kappa shape index (κ1) is 12.2. The van der Waals surface area contributed by atoms with Gasteiger partial charge in [0.25, 0.3) is 0 Å². The summed E-state index contributed by atoms with van der Waals surface area (Å²) in [6.07, 6.45) is 1.90. The van der Waals surface area contributed by atoms with E-state index in [0.717, 1.165) is 13.1 Å². The summed E-state index contributed by atoms with van der Waals surface area (Å²) in [6.45, 7) is 10.1. The van der Waals surface area contributed by atoms with Gasteiger partial charge in [0, 0.05) is 13.6 Å². The molecule has 0 aliphatic carbocycles. The van der Waals surface area contributed by atoms with Gasteiger partial charge in [0.1, 0.15) is 0 Å². The van der Waals surface area contributed by atoms with Gasteiger partial charge in [0.2, 0.25) is 0 Å². The molecule has 1 aromatic heterocycles. The summed E-state index contributed by atoms with van der Waals surface area (Å²) in [5.74, 6) is 0. The summed E-state index contributed by atoms with van der Waals surface area (Å²) in [5.41, 5.74) is 2.53. The smallest absolute Gasteiger partial charge is 0.0547 e. The molecule has 0 spiro atoms. The van der Waals surface area contributed by atoms with E-state index in [-0.39, 0.29) is 0 Å². The van der Waals surface area contributed by atoms with E-state index in [9.17, 15) is 0 Å². The van der Waals surface area contributed by atoms with Crippen LogP contribution in [0.4, 0.5) is 0 Å². The summed E-state index contributed by atoms with van der Waals surface area (Å²) < 4.78 is 1.91. The first-order valence-electron chi connectivity index (χ1n) is 4.94. The molecule has 76 valence electrons. The lowest BCUT2D eigenvalue weighted by atomic mass is 10.3. The molecular formula is C10H21N3. The van der Waals surface area contributed by atoms with Crippen molar-refractivity contribution in [3.8, 4) is 0 Å². The summed E-state index contributed by atoms with van der Waals surface area (Å²) in [6, 6.07) is 0. The number of hydrogen-bond donors (Lipinski definition) is 1. The zero-order valence-electron chi connectivity index (χ0n) is 9.39. The average Bonchev–Trinajstić information content (AvgIpc) is 2.47. The Kier molecular flexibility index (Phi) is 6.24. The van der Waals surface area contributed by atoms with Crippen LogP contribution in [0, 0.1) is 6.92 Å². The van der Waals surface area contributed by atoms with Gasteiger partial charge in [-0.05, 0) is 19.0 Å². The highest BCUT2D eigenvalue weighted by Gasteiger charge is 2.01. The summed E-state index contributed by atoms with van der Waals surface area (Å²) in [4.78, 5) is 0. The van der Waals surface area contributed by atoms with Crippen molar-refractivity contribution in [2.45, 2.75) is 34.2 Å². The Balaban J connectivity index is 0.000000671. The molecule has 0 saturated carbocycles. The third-order valence-electron chi connectivity index (χ3n) is 1.81. The van der Waals surface area contributed by atoms with Crippen LogP contribution in [0.2, 0.25) is 0 Å². The number of nitrogens with zero attached hydrogens (tertiary/aromatic N) is 2.